The maximum Gasteiger partial charge on any atom is 0.336 e. The van der Waals surface area contributed by atoms with Crippen LogP contribution in [0, 0.1) is 5.92 Å². The van der Waals surface area contributed by atoms with Crippen molar-refractivity contribution in [1.29, 1.82) is 0 Å². The van der Waals surface area contributed by atoms with Gasteiger partial charge < -0.3 is 9.32 Å². The smallest absolute Gasteiger partial charge is 0.336 e. The fourth-order valence-electron chi connectivity index (χ4n) is 3.94. The molecule has 0 radical (unpaired) electrons. The van der Waals surface area contributed by atoms with Crippen LogP contribution in [-0.4, -0.2) is 12.6 Å². The van der Waals surface area contributed by atoms with Crippen molar-refractivity contribution in [3.63, 3.8) is 0 Å². The highest BCUT2D eigenvalue weighted by Gasteiger charge is 2.34. The quantitative estimate of drug-likeness (QED) is 0.735. The molecule has 0 spiro atoms. The molecular weight excluding hydrogens is 298 g/mol. The lowest BCUT2D eigenvalue weighted by atomic mass is 9.80. The Morgan fingerprint density at radius 1 is 1.29 bits per heavy atom. The van der Waals surface area contributed by atoms with Gasteiger partial charge in [0.2, 0.25) is 0 Å². The van der Waals surface area contributed by atoms with Gasteiger partial charge in [-0.25, -0.2) is 4.79 Å². The van der Waals surface area contributed by atoms with Crippen molar-refractivity contribution < 1.29 is 4.42 Å². The van der Waals surface area contributed by atoms with Crippen molar-refractivity contribution in [2.75, 3.05) is 11.9 Å². The largest absolute Gasteiger partial charge is 0.423 e. The molecule has 1 aromatic carbocycles. The zero-order valence-electron chi connectivity index (χ0n) is 15.8. The first-order chi connectivity index (χ1) is 11.2. The fourth-order valence-corrected chi connectivity index (χ4v) is 3.94. The van der Waals surface area contributed by atoms with E-state index in [-0.39, 0.29) is 11.2 Å². The minimum Gasteiger partial charge on any atom is -0.423 e. The van der Waals surface area contributed by atoms with E-state index in [0.717, 1.165) is 35.8 Å². The van der Waals surface area contributed by atoms with E-state index < -0.39 is 0 Å². The molecule has 2 aromatic rings. The van der Waals surface area contributed by atoms with E-state index in [9.17, 15) is 4.79 Å². The lowest BCUT2D eigenvalue weighted by Gasteiger charge is -2.45. The van der Waals surface area contributed by atoms with Crippen molar-refractivity contribution in [2.45, 2.75) is 65.3 Å². The Bertz CT molecular complexity index is 816. The van der Waals surface area contributed by atoms with Gasteiger partial charge in [-0.3, -0.25) is 0 Å². The highest BCUT2D eigenvalue weighted by molar-refractivity contribution is 5.86. The second-order valence-corrected chi connectivity index (χ2v) is 8.41. The van der Waals surface area contributed by atoms with Gasteiger partial charge in [0.15, 0.2) is 0 Å². The van der Waals surface area contributed by atoms with E-state index in [1.807, 2.05) is 0 Å². The standard InChI is InChI=1S/C21H29NO2/c1-13(2)7-8-15-9-20(23)24-19-11-18-16(10-17(15)19)14(3)12-21(4,5)22(18)6/h9-11,13-14H,7-8,12H2,1-6H3/t14-/m1/s1. The molecule has 0 saturated heterocycles. The summed E-state index contributed by atoms with van der Waals surface area (Å²) in [5.41, 5.74) is 4.26. The van der Waals surface area contributed by atoms with Crippen LogP contribution in [-0.2, 0) is 6.42 Å². The summed E-state index contributed by atoms with van der Waals surface area (Å²) in [6.07, 6.45) is 3.13. The van der Waals surface area contributed by atoms with Crippen molar-refractivity contribution in [1.82, 2.24) is 0 Å². The molecule has 130 valence electrons. The third-order valence-corrected chi connectivity index (χ3v) is 5.57. The molecule has 3 nitrogen and oxygen atoms in total. The Hall–Kier alpha value is -1.77. The summed E-state index contributed by atoms with van der Waals surface area (Å²) in [7, 11) is 2.14. The van der Waals surface area contributed by atoms with Gasteiger partial charge in [-0.15, -0.1) is 0 Å². The van der Waals surface area contributed by atoms with Crippen LogP contribution < -0.4 is 10.5 Å². The Kier molecular flexibility index (Phi) is 4.23. The first kappa shape index (κ1) is 17.1. The van der Waals surface area contributed by atoms with Gasteiger partial charge >= 0.3 is 5.63 Å². The van der Waals surface area contributed by atoms with Gasteiger partial charge in [0.25, 0.3) is 0 Å². The number of hydrogen-bond acceptors (Lipinski definition) is 3. The van der Waals surface area contributed by atoms with E-state index in [2.05, 4.69) is 58.7 Å². The van der Waals surface area contributed by atoms with Crippen LogP contribution in [0.2, 0.25) is 0 Å². The average Bonchev–Trinajstić information content (AvgIpc) is 2.48. The van der Waals surface area contributed by atoms with Gasteiger partial charge in [-0.1, -0.05) is 20.8 Å². The number of anilines is 1. The predicted octanol–water partition coefficient (Wildman–Crippen LogP) is 5.10. The van der Waals surface area contributed by atoms with Crippen LogP contribution >= 0.6 is 0 Å². The predicted molar refractivity (Wildman–Crippen MR) is 101 cm³/mol. The maximum absolute atomic E-state index is 12.0. The molecule has 0 N–H and O–H groups in total. The molecule has 1 aromatic heterocycles. The number of rotatable bonds is 3. The van der Waals surface area contributed by atoms with Crippen LogP contribution in [0.3, 0.4) is 0 Å². The van der Waals surface area contributed by atoms with E-state index in [1.54, 1.807) is 6.07 Å². The maximum atomic E-state index is 12.0. The topological polar surface area (TPSA) is 33.5 Å². The highest BCUT2D eigenvalue weighted by Crippen LogP contribution is 2.44. The summed E-state index contributed by atoms with van der Waals surface area (Å²) < 4.78 is 5.54. The molecule has 1 aliphatic rings. The molecule has 3 heteroatoms. The van der Waals surface area contributed by atoms with Gasteiger partial charge in [-0.2, -0.15) is 0 Å². The summed E-state index contributed by atoms with van der Waals surface area (Å²) >= 11 is 0. The summed E-state index contributed by atoms with van der Waals surface area (Å²) in [6, 6.07) is 6.01. The minimum absolute atomic E-state index is 0.107. The Labute approximate surface area is 144 Å². The number of fused-ring (bicyclic) bond motifs is 2. The molecule has 3 rings (SSSR count). The van der Waals surface area contributed by atoms with E-state index in [4.69, 9.17) is 4.42 Å². The van der Waals surface area contributed by atoms with Crippen molar-refractivity contribution in [2.24, 2.45) is 5.92 Å². The molecule has 0 unspecified atom stereocenters. The Balaban J connectivity index is 2.18. The molecule has 0 aliphatic carbocycles. The third kappa shape index (κ3) is 2.97. The molecule has 24 heavy (non-hydrogen) atoms. The lowest BCUT2D eigenvalue weighted by Crippen LogP contribution is -2.45. The number of hydrogen-bond donors (Lipinski definition) is 0. The van der Waals surface area contributed by atoms with E-state index in [0.29, 0.717) is 11.8 Å². The highest BCUT2D eigenvalue weighted by atomic mass is 16.4. The summed E-state index contributed by atoms with van der Waals surface area (Å²) in [4.78, 5) is 14.3. The summed E-state index contributed by atoms with van der Waals surface area (Å²) in [5.74, 6) is 1.12. The average molecular weight is 327 g/mol. The number of benzene rings is 1. The molecule has 0 amide bonds. The SMILES string of the molecule is CC(C)CCc1cc(=O)oc2cc3c(cc12)[C@H](C)CC(C)(C)N3C. The molecule has 2 heterocycles. The first-order valence-corrected chi connectivity index (χ1v) is 9.03. The molecule has 1 atom stereocenters. The van der Waals surface area contributed by atoms with Crippen LogP contribution in [0.25, 0.3) is 11.0 Å². The molecular formula is C21H29NO2. The zero-order valence-corrected chi connectivity index (χ0v) is 15.8. The molecule has 0 saturated carbocycles. The van der Waals surface area contributed by atoms with E-state index in [1.165, 1.54) is 11.3 Å². The summed E-state index contributed by atoms with van der Waals surface area (Å²) in [6.45, 7) is 11.3. The van der Waals surface area contributed by atoms with Gasteiger partial charge in [0.05, 0.1) is 0 Å². The Morgan fingerprint density at radius 3 is 2.67 bits per heavy atom. The van der Waals surface area contributed by atoms with Crippen molar-refractivity contribution >= 4 is 16.7 Å². The van der Waals surface area contributed by atoms with Crippen LogP contribution in [0.15, 0.2) is 27.4 Å². The lowest BCUT2D eigenvalue weighted by molar-refractivity contribution is 0.395. The van der Waals surface area contributed by atoms with Crippen LogP contribution in [0.5, 0.6) is 0 Å². The zero-order chi connectivity index (χ0) is 17.6. The van der Waals surface area contributed by atoms with Gasteiger partial charge in [-0.05, 0) is 62.1 Å². The van der Waals surface area contributed by atoms with Gasteiger partial charge in [0, 0.05) is 35.8 Å². The Morgan fingerprint density at radius 2 is 2.00 bits per heavy atom. The molecule has 0 bridgehead atoms. The minimum atomic E-state index is -0.244. The van der Waals surface area contributed by atoms with Crippen molar-refractivity contribution in [3.05, 3.63) is 39.7 Å². The normalized spacial score (nSPS) is 19.8. The van der Waals surface area contributed by atoms with Crippen molar-refractivity contribution in [3.8, 4) is 0 Å². The second kappa shape index (κ2) is 5.94. The first-order valence-electron chi connectivity index (χ1n) is 9.03. The fraction of sp³-hybridized carbons (Fsp3) is 0.571. The second-order valence-electron chi connectivity index (χ2n) is 8.41. The molecule has 1 aliphatic heterocycles. The van der Waals surface area contributed by atoms with Crippen LogP contribution in [0.4, 0.5) is 5.69 Å². The summed E-state index contributed by atoms with van der Waals surface area (Å²) in [5, 5.41) is 1.11. The third-order valence-electron chi connectivity index (χ3n) is 5.57. The van der Waals surface area contributed by atoms with Gasteiger partial charge in [0.1, 0.15) is 5.58 Å². The number of aryl methyl sites for hydroxylation is 1. The molecule has 0 fully saturated rings. The monoisotopic (exact) mass is 327 g/mol. The van der Waals surface area contributed by atoms with Crippen LogP contribution in [0.1, 0.15) is 64.5 Å². The number of nitrogens with zero attached hydrogens (tertiary/aromatic N) is 1. The van der Waals surface area contributed by atoms with E-state index >= 15 is 0 Å².